The minimum absolute atomic E-state index is 0.200. The number of rotatable bonds is 7. The lowest BCUT2D eigenvalue weighted by molar-refractivity contribution is 0.0332. The van der Waals surface area contributed by atoms with Crippen molar-refractivity contribution in [1.29, 1.82) is 0 Å². The van der Waals surface area contributed by atoms with E-state index in [2.05, 4.69) is 67.4 Å². The summed E-state index contributed by atoms with van der Waals surface area (Å²) in [5.74, 6) is 1.13. The third-order valence-electron chi connectivity index (χ3n) is 8.42. The van der Waals surface area contributed by atoms with Gasteiger partial charge in [0.1, 0.15) is 11.6 Å². The van der Waals surface area contributed by atoms with Crippen molar-refractivity contribution in [3.8, 4) is 11.1 Å². The van der Waals surface area contributed by atoms with Crippen LogP contribution in [0.4, 0.5) is 11.6 Å². The van der Waals surface area contributed by atoms with Crippen molar-refractivity contribution < 1.29 is 9.53 Å². The number of ether oxygens (including phenoxy) is 1. The molecule has 0 bridgehead atoms. The number of fused-ring (bicyclic) bond motifs is 1. The molecule has 2 aliphatic rings. The largest absolute Gasteiger partial charge is 0.379 e. The van der Waals surface area contributed by atoms with E-state index in [-0.39, 0.29) is 5.91 Å². The molecule has 1 amide bonds. The standard InChI is InChI=1S/C31H38N8O2/c1-36-10-7-26(8-11-36)37(2)30-18-23(6-9-32-30)31(40)35-29-17-25-16-22(4-5-24(25)19-33-29)27-20-34-38(3)28(27)21-39-12-14-41-15-13-39/h4-6,9,16-20,26H,7-8,10-15,21H2,1-3H3,(H,33,35,40). The Morgan fingerprint density at radius 1 is 1.00 bits per heavy atom. The number of nitrogens with one attached hydrogen (secondary N) is 1. The van der Waals surface area contributed by atoms with Gasteiger partial charge >= 0.3 is 0 Å². The number of anilines is 2. The molecule has 0 radical (unpaired) electrons. The average Bonchev–Trinajstić information content (AvgIpc) is 3.36. The first-order valence-corrected chi connectivity index (χ1v) is 14.3. The van der Waals surface area contributed by atoms with E-state index >= 15 is 0 Å². The maximum atomic E-state index is 13.2. The number of likely N-dealkylation sites (tertiary alicyclic amines) is 1. The van der Waals surface area contributed by atoms with Crippen LogP contribution in [0.25, 0.3) is 21.9 Å². The fourth-order valence-corrected chi connectivity index (χ4v) is 5.75. The number of carbonyl (C=O) groups excluding carboxylic acids is 1. The highest BCUT2D eigenvalue weighted by molar-refractivity contribution is 6.05. The van der Waals surface area contributed by atoms with Crippen molar-refractivity contribution in [2.24, 2.45) is 7.05 Å². The predicted octanol–water partition coefficient (Wildman–Crippen LogP) is 3.65. The Morgan fingerprint density at radius 3 is 2.61 bits per heavy atom. The van der Waals surface area contributed by atoms with E-state index in [0.29, 0.717) is 17.4 Å². The summed E-state index contributed by atoms with van der Waals surface area (Å²) in [6.45, 7) is 6.34. The van der Waals surface area contributed by atoms with Gasteiger partial charge < -0.3 is 19.9 Å². The van der Waals surface area contributed by atoms with Crippen LogP contribution in [0.2, 0.25) is 0 Å². The van der Waals surface area contributed by atoms with E-state index in [0.717, 1.165) is 86.5 Å². The number of amides is 1. The lowest BCUT2D eigenvalue weighted by Crippen LogP contribution is -2.42. The van der Waals surface area contributed by atoms with Gasteiger partial charge in [-0.2, -0.15) is 5.10 Å². The van der Waals surface area contributed by atoms with Crippen LogP contribution in [-0.4, -0.2) is 95.0 Å². The maximum absolute atomic E-state index is 13.2. The minimum atomic E-state index is -0.200. The van der Waals surface area contributed by atoms with Crippen LogP contribution in [-0.2, 0) is 18.3 Å². The first-order chi connectivity index (χ1) is 19.9. The monoisotopic (exact) mass is 554 g/mol. The number of piperidine rings is 1. The van der Waals surface area contributed by atoms with Gasteiger partial charge in [0, 0.05) is 68.7 Å². The molecule has 10 nitrogen and oxygen atoms in total. The molecule has 0 atom stereocenters. The second-order valence-electron chi connectivity index (χ2n) is 11.2. The average molecular weight is 555 g/mol. The molecule has 0 saturated carbocycles. The lowest BCUT2D eigenvalue weighted by atomic mass is 10.0. The van der Waals surface area contributed by atoms with Crippen LogP contribution in [0.15, 0.2) is 55.0 Å². The smallest absolute Gasteiger partial charge is 0.257 e. The van der Waals surface area contributed by atoms with Crippen LogP contribution in [0, 0.1) is 0 Å². The van der Waals surface area contributed by atoms with Crippen molar-refractivity contribution >= 4 is 28.3 Å². The molecule has 0 unspecified atom stereocenters. The highest BCUT2D eigenvalue weighted by atomic mass is 16.5. The molecule has 0 aliphatic carbocycles. The molecular formula is C31H38N8O2. The molecule has 1 aromatic carbocycles. The van der Waals surface area contributed by atoms with Gasteiger partial charge in [-0.1, -0.05) is 12.1 Å². The predicted molar refractivity (Wildman–Crippen MR) is 161 cm³/mol. The van der Waals surface area contributed by atoms with E-state index in [1.54, 1.807) is 18.5 Å². The van der Waals surface area contributed by atoms with Crippen molar-refractivity contribution in [3.05, 3.63) is 66.2 Å². The number of carbonyl (C=O) groups is 1. The quantitative estimate of drug-likeness (QED) is 0.370. The van der Waals surface area contributed by atoms with E-state index in [1.807, 2.05) is 30.1 Å². The summed E-state index contributed by atoms with van der Waals surface area (Å²) in [6, 6.07) is 12.3. The highest BCUT2D eigenvalue weighted by Crippen LogP contribution is 2.29. The molecule has 4 aromatic rings. The first-order valence-electron chi connectivity index (χ1n) is 14.3. The van der Waals surface area contributed by atoms with Gasteiger partial charge in [0.05, 0.1) is 25.1 Å². The van der Waals surface area contributed by atoms with E-state index < -0.39 is 0 Å². The van der Waals surface area contributed by atoms with Crippen molar-refractivity contribution in [2.75, 3.05) is 63.7 Å². The maximum Gasteiger partial charge on any atom is 0.257 e. The van der Waals surface area contributed by atoms with E-state index in [1.165, 1.54) is 5.69 Å². The number of hydrogen-bond donors (Lipinski definition) is 1. The first kappa shape index (κ1) is 27.3. The van der Waals surface area contributed by atoms with Crippen LogP contribution >= 0.6 is 0 Å². The molecule has 5 heterocycles. The number of aromatic nitrogens is 4. The number of aryl methyl sites for hydroxylation is 1. The van der Waals surface area contributed by atoms with Gasteiger partial charge in [-0.25, -0.2) is 9.97 Å². The molecule has 41 heavy (non-hydrogen) atoms. The van der Waals surface area contributed by atoms with Crippen molar-refractivity contribution in [2.45, 2.75) is 25.4 Å². The van der Waals surface area contributed by atoms with Gasteiger partial charge in [-0.15, -0.1) is 0 Å². The Kier molecular flexibility index (Phi) is 7.95. The minimum Gasteiger partial charge on any atom is -0.379 e. The van der Waals surface area contributed by atoms with E-state index in [4.69, 9.17) is 4.74 Å². The highest BCUT2D eigenvalue weighted by Gasteiger charge is 2.22. The van der Waals surface area contributed by atoms with Crippen LogP contribution < -0.4 is 10.2 Å². The Morgan fingerprint density at radius 2 is 1.80 bits per heavy atom. The molecule has 2 saturated heterocycles. The fraction of sp³-hybridized carbons (Fsp3) is 0.419. The number of morpholine rings is 1. The zero-order valence-corrected chi connectivity index (χ0v) is 24.1. The molecule has 3 aromatic heterocycles. The summed E-state index contributed by atoms with van der Waals surface area (Å²) < 4.78 is 7.48. The third-order valence-corrected chi connectivity index (χ3v) is 8.42. The normalized spacial score (nSPS) is 17.1. The molecule has 2 fully saturated rings. The molecular weight excluding hydrogens is 516 g/mol. The summed E-state index contributed by atoms with van der Waals surface area (Å²) in [5, 5.41) is 9.57. The van der Waals surface area contributed by atoms with Gasteiger partial charge in [0.25, 0.3) is 5.91 Å². The van der Waals surface area contributed by atoms with Crippen LogP contribution in [0.1, 0.15) is 28.9 Å². The SMILES string of the molecule is CN1CCC(N(C)c2cc(C(=O)Nc3cc4cc(-c5cnn(C)c5CN5CCOCC5)ccc4cn3)ccn2)CC1. The molecule has 2 aliphatic heterocycles. The third kappa shape index (κ3) is 6.09. The Labute approximate surface area is 240 Å². The Balaban J connectivity index is 1.19. The second-order valence-corrected chi connectivity index (χ2v) is 11.2. The summed E-state index contributed by atoms with van der Waals surface area (Å²) in [4.78, 5) is 29.3. The van der Waals surface area contributed by atoms with Gasteiger partial charge in [0.2, 0.25) is 0 Å². The van der Waals surface area contributed by atoms with Crippen molar-refractivity contribution in [3.63, 3.8) is 0 Å². The zero-order chi connectivity index (χ0) is 28.3. The summed E-state index contributed by atoms with van der Waals surface area (Å²) in [7, 11) is 6.22. The van der Waals surface area contributed by atoms with Crippen LogP contribution in [0.3, 0.4) is 0 Å². The van der Waals surface area contributed by atoms with Crippen LogP contribution in [0.5, 0.6) is 0 Å². The molecule has 214 valence electrons. The van der Waals surface area contributed by atoms with Gasteiger partial charge in [0.15, 0.2) is 0 Å². The van der Waals surface area contributed by atoms with E-state index in [9.17, 15) is 4.79 Å². The Bertz CT molecular complexity index is 1520. The van der Waals surface area contributed by atoms with Crippen molar-refractivity contribution in [1.82, 2.24) is 29.5 Å². The van der Waals surface area contributed by atoms with Gasteiger partial charge in [-0.3, -0.25) is 14.4 Å². The molecule has 6 rings (SSSR count). The number of benzene rings is 1. The fourth-order valence-electron chi connectivity index (χ4n) is 5.75. The summed E-state index contributed by atoms with van der Waals surface area (Å²) in [6.07, 6.45) is 7.62. The number of nitrogens with zero attached hydrogens (tertiary/aromatic N) is 7. The number of pyridine rings is 2. The molecule has 0 spiro atoms. The summed E-state index contributed by atoms with van der Waals surface area (Å²) >= 11 is 0. The zero-order valence-electron chi connectivity index (χ0n) is 24.1. The Hall–Kier alpha value is -3.86. The van der Waals surface area contributed by atoms with Gasteiger partial charge in [-0.05, 0) is 68.2 Å². The molecule has 1 N–H and O–H groups in total. The number of hydrogen-bond acceptors (Lipinski definition) is 8. The topological polar surface area (TPSA) is 91.7 Å². The lowest BCUT2D eigenvalue weighted by Gasteiger charge is -2.35. The second kappa shape index (κ2) is 11.9. The summed E-state index contributed by atoms with van der Waals surface area (Å²) in [5.41, 5.74) is 3.94. The molecule has 10 heteroatoms.